The topological polar surface area (TPSA) is 79.2 Å². The minimum atomic E-state index is -1.13. The summed E-state index contributed by atoms with van der Waals surface area (Å²) >= 11 is 0. The molecule has 6 heteroatoms. The van der Waals surface area contributed by atoms with Crippen LogP contribution in [0.3, 0.4) is 0 Å². The number of oxime groups is 1. The number of amides is 1. The van der Waals surface area contributed by atoms with Crippen LogP contribution in [0.5, 0.6) is 0 Å². The Kier molecular flexibility index (Phi) is 4.48. The second-order valence-electron chi connectivity index (χ2n) is 4.02. The Labute approximate surface area is 100 Å². The van der Waals surface area contributed by atoms with E-state index >= 15 is 0 Å². The molecule has 1 aliphatic rings. The number of hydrogen-bond donors (Lipinski definition) is 1. The number of rotatable bonds is 5. The van der Waals surface area contributed by atoms with E-state index in [2.05, 4.69) is 5.16 Å². The van der Waals surface area contributed by atoms with Gasteiger partial charge in [0.15, 0.2) is 5.71 Å². The lowest BCUT2D eigenvalue weighted by Gasteiger charge is -2.28. The van der Waals surface area contributed by atoms with Gasteiger partial charge in [-0.3, -0.25) is 4.79 Å². The molecule has 1 heterocycles. The summed E-state index contributed by atoms with van der Waals surface area (Å²) < 4.78 is 0. The van der Waals surface area contributed by atoms with E-state index < -0.39 is 12.1 Å². The Bertz CT molecular complexity index is 340. The first-order chi connectivity index (χ1) is 8.01. The van der Waals surface area contributed by atoms with Crippen molar-refractivity contribution in [2.45, 2.75) is 45.8 Å². The lowest BCUT2D eigenvalue weighted by Crippen LogP contribution is -2.44. The quantitative estimate of drug-likeness (QED) is 0.775. The summed E-state index contributed by atoms with van der Waals surface area (Å²) in [5, 5.41) is 12.1. The van der Waals surface area contributed by atoms with Gasteiger partial charge in [-0.2, -0.15) is 0 Å². The van der Waals surface area contributed by atoms with Crippen molar-refractivity contribution in [1.29, 1.82) is 0 Å². The average Bonchev–Trinajstić information content (AvgIpc) is 2.78. The summed E-state index contributed by atoms with van der Waals surface area (Å²) in [6.07, 6.45) is 0.107. The van der Waals surface area contributed by atoms with Crippen LogP contribution in [0.1, 0.15) is 33.6 Å². The number of hydrogen-bond acceptors (Lipinski definition) is 4. The monoisotopic (exact) mass is 242 g/mol. The van der Waals surface area contributed by atoms with Gasteiger partial charge in [-0.1, -0.05) is 12.1 Å². The summed E-state index contributed by atoms with van der Waals surface area (Å²) in [6.45, 7) is 6.42. The van der Waals surface area contributed by atoms with E-state index in [0.29, 0.717) is 6.54 Å². The second-order valence-corrected chi connectivity index (χ2v) is 4.02. The van der Waals surface area contributed by atoms with Crippen LogP contribution in [-0.2, 0) is 14.4 Å². The molecule has 2 unspecified atom stereocenters. The molecule has 17 heavy (non-hydrogen) atoms. The average molecular weight is 242 g/mol. The smallest absolute Gasteiger partial charge is 0.353 e. The molecule has 0 aromatic carbocycles. The van der Waals surface area contributed by atoms with Gasteiger partial charge in [-0.15, -0.1) is 0 Å². The van der Waals surface area contributed by atoms with E-state index in [4.69, 9.17) is 9.94 Å². The van der Waals surface area contributed by atoms with Gasteiger partial charge < -0.3 is 14.8 Å². The summed E-state index contributed by atoms with van der Waals surface area (Å²) in [4.78, 5) is 29.3. The molecular weight excluding hydrogens is 224 g/mol. The van der Waals surface area contributed by atoms with Gasteiger partial charge in [-0.25, -0.2) is 4.79 Å². The van der Waals surface area contributed by atoms with Gasteiger partial charge in [0.1, 0.15) is 0 Å². The Morgan fingerprint density at radius 2 is 2.24 bits per heavy atom. The molecule has 0 aromatic heterocycles. The lowest BCUT2D eigenvalue weighted by molar-refractivity contribution is -0.144. The highest BCUT2D eigenvalue weighted by Gasteiger charge is 2.35. The SMILES string of the molecule is CCC(C)N(CC)C(=O)C1CC(C(=O)O)=NO1. The van der Waals surface area contributed by atoms with Crippen LogP contribution in [0, 0.1) is 0 Å². The fraction of sp³-hybridized carbons (Fsp3) is 0.727. The van der Waals surface area contributed by atoms with Gasteiger partial charge in [-0.05, 0) is 20.3 Å². The molecule has 0 aromatic rings. The van der Waals surface area contributed by atoms with E-state index in [1.54, 1.807) is 4.90 Å². The zero-order valence-corrected chi connectivity index (χ0v) is 10.3. The number of carbonyl (C=O) groups excluding carboxylic acids is 1. The highest BCUT2D eigenvalue weighted by atomic mass is 16.6. The number of carboxylic acids is 1. The fourth-order valence-electron chi connectivity index (χ4n) is 1.73. The van der Waals surface area contributed by atoms with Gasteiger partial charge in [0.05, 0.1) is 0 Å². The molecule has 96 valence electrons. The summed E-state index contributed by atoms with van der Waals surface area (Å²) in [7, 11) is 0. The lowest BCUT2D eigenvalue weighted by atomic mass is 10.1. The zero-order valence-electron chi connectivity index (χ0n) is 10.3. The van der Waals surface area contributed by atoms with Crippen molar-refractivity contribution < 1.29 is 19.5 Å². The van der Waals surface area contributed by atoms with E-state index in [9.17, 15) is 9.59 Å². The molecule has 0 aliphatic carbocycles. The van der Waals surface area contributed by atoms with E-state index in [1.807, 2.05) is 20.8 Å². The summed E-state index contributed by atoms with van der Waals surface area (Å²) in [6, 6.07) is 0.116. The molecule has 0 bridgehead atoms. The van der Waals surface area contributed by atoms with Crippen molar-refractivity contribution in [3.05, 3.63) is 0 Å². The minimum Gasteiger partial charge on any atom is -0.477 e. The van der Waals surface area contributed by atoms with Crippen molar-refractivity contribution in [2.75, 3.05) is 6.54 Å². The number of aliphatic carboxylic acids is 1. The van der Waals surface area contributed by atoms with Crippen molar-refractivity contribution >= 4 is 17.6 Å². The molecule has 1 rings (SSSR count). The maximum Gasteiger partial charge on any atom is 0.353 e. The predicted octanol–water partition coefficient (Wildman–Crippen LogP) is 0.863. The normalized spacial score (nSPS) is 20.4. The summed E-state index contributed by atoms with van der Waals surface area (Å²) in [5.74, 6) is -1.33. The van der Waals surface area contributed by atoms with Crippen LogP contribution in [0.15, 0.2) is 5.16 Å². The standard InChI is InChI=1S/C11H18N2O4/c1-4-7(3)13(5-2)10(14)9-6-8(11(15)16)12-17-9/h7,9H,4-6H2,1-3H3,(H,15,16). The van der Waals surface area contributed by atoms with E-state index in [0.717, 1.165) is 6.42 Å². The first kappa shape index (κ1) is 13.5. The number of carboxylic acid groups (broad SMARTS) is 1. The molecule has 2 atom stereocenters. The molecule has 0 saturated heterocycles. The Morgan fingerprint density at radius 3 is 2.65 bits per heavy atom. The first-order valence-electron chi connectivity index (χ1n) is 5.77. The van der Waals surface area contributed by atoms with Gasteiger partial charge in [0, 0.05) is 19.0 Å². The third-order valence-corrected chi connectivity index (χ3v) is 2.94. The molecule has 1 N–H and O–H groups in total. The van der Waals surface area contributed by atoms with Crippen molar-refractivity contribution in [3.8, 4) is 0 Å². The molecular formula is C11H18N2O4. The highest BCUT2D eigenvalue weighted by Crippen LogP contribution is 2.16. The van der Waals surface area contributed by atoms with Crippen molar-refractivity contribution in [1.82, 2.24) is 4.90 Å². The number of nitrogens with zero attached hydrogens (tertiary/aromatic N) is 2. The van der Waals surface area contributed by atoms with Crippen LogP contribution in [0.2, 0.25) is 0 Å². The fourth-order valence-corrected chi connectivity index (χ4v) is 1.73. The largest absolute Gasteiger partial charge is 0.477 e. The Balaban J connectivity index is 2.63. The second kappa shape index (κ2) is 5.65. The van der Waals surface area contributed by atoms with Crippen LogP contribution in [0.4, 0.5) is 0 Å². The zero-order chi connectivity index (χ0) is 13.0. The molecule has 1 aliphatic heterocycles. The molecule has 0 saturated carbocycles. The molecule has 6 nitrogen and oxygen atoms in total. The number of carbonyl (C=O) groups is 2. The van der Waals surface area contributed by atoms with Crippen LogP contribution < -0.4 is 0 Å². The van der Waals surface area contributed by atoms with Crippen LogP contribution >= 0.6 is 0 Å². The number of likely N-dealkylation sites (N-methyl/N-ethyl adjacent to an activating group) is 1. The van der Waals surface area contributed by atoms with E-state index in [1.165, 1.54) is 0 Å². The maximum absolute atomic E-state index is 12.1. The van der Waals surface area contributed by atoms with Crippen LogP contribution in [-0.4, -0.2) is 46.3 Å². The minimum absolute atomic E-state index is 0.0428. The highest BCUT2D eigenvalue weighted by molar-refractivity contribution is 6.36. The summed E-state index contributed by atoms with van der Waals surface area (Å²) in [5.41, 5.74) is -0.0939. The van der Waals surface area contributed by atoms with Crippen molar-refractivity contribution in [2.24, 2.45) is 5.16 Å². The third-order valence-electron chi connectivity index (χ3n) is 2.94. The molecule has 0 radical (unpaired) electrons. The Hall–Kier alpha value is -1.59. The van der Waals surface area contributed by atoms with Crippen LogP contribution in [0.25, 0.3) is 0 Å². The van der Waals surface area contributed by atoms with Gasteiger partial charge >= 0.3 is 5.97 Å². The first-order valence-corrected chi connectivity index (χ1v) is 5.77. The molecule has 1 amide bonds. The maximum atomic E-state index is 12.1. The van der Waals surface area contributed by atoms with E-state index in [-0.39, 0.29) is 24.1 Å². The van der Waals surface area contributed by atoms with Gasteiger partial charge in [0.25, 0.3) is 5.91 Å². The third kappa shape index (κ3) is 2.95. The van der Waals surface area contributed by atoms with Crippen molar-refractivity contribution in [3.63, 3.8) is 0 Å². The predicted molar refractivity (Wildman–Crippen MR) is 61.7 cm³/mol. The molecule has 0 fully saturated rings. The Morgan fingerprint density at radius 1 is 1.59 bits per heavy atom. The molecule has 0 spiro atoms. The van der Waals surface area contributed by atoms with Gasteiger partial charge in [0.2, 0.25) is 6.10 Å².